The van der Waals surface area contributed by atoms with Gasteiger partial charge in [-0.1, -0.05) is 31.5 Å². The minimum Gasteiger partial charge on any atom is -0.371 e. The van der Waals surface area contributed by atoms with Crippen molar-refractivity contribution in [3.63, 3.8) is 0 Å². The number of benzene rings is 1. The molecular formula is C17H25ClN2O. The average molecular weight is 309 g/mol. The maximum Gasteiger partial charge on any atom is 0.0755 e. The molecule has 2 unspecified atom stereocenters. The van der Waals surface area contributed by atoms with Crippen LogP contribution in [0.15, 0.2) is 18.2 Å². The van der Waals surface area contributed by atoms with E-state index in [1.807, 2.05) is 0 Å². The monoisotopic (exact) mass is 308 g/mol. The molecule has 2 bridgehead atoms. The number of anilines is 1. The number of fused-ring (bicyclic) bond motifs is 2. The van der Waals surface area contributed by atoms with Gasteiger partial charge in [-0.05, 0) is 43.0 Å². The van der Waals surface area contributed by atoms with Crippen LogP contribution in [0.25, 0.3) is 0 Å². The number of rotatable bonds is 5. The molecule has 116 valence electrons. The van der Waals surface area contributed by atoms with Crippen LogP contribution >= 0.6 is 11.6 Å². The topological polar surface area (TPSA) is 24.5 Å². The average Bonchev–Trinajstić information content (AvgIpc) is 2.79. The van der Waals surface area contributed by atoms with E-state index in [1.165, 1.54) is 24.1 Å². The number of nitrogens with one attached hydrogen (secondary N) is 1. The molecule has 0 spiro atoms. The summed E-state index contributed by atoms with van der Waals surface area (Å²) in [6, 6.07) is 6.46. The van der Waals surface area contributed by atoms with Gasteiger partial charge in [0.15, 0.2) is 0 Å². The molecule has 21 heavy (non-hydrogen) atoms. The van der Waals surface area contributed by atoms with E-state index in [4.69, 9.17) is 16.3 Å². The number of hydrogen-bond acceptors (Lipinski definition) is 3. The van der Waals surface area contributed by atoms with Crippen LogP contribution < -0.4 is 10.2 Å². The molecule has 2 aliphatic rings. The van der Waals surface area contributed by atoms with E-state index < -0.39 is 0 Å². The minimum atomic E-state index is 0.412. The third-order valence-corrected chi connectivity index (χ3v) is 4.67. The summed E-state index contributed by atoms with van der Waals surface area (Å²) in [5, 5.41) is 4.31. The van der Waals surface area contributed by atoms with Gasteiger partial charge in [0.1, 0.15) is 0 Å². The van der Waals surface area contributed by atoms with E-state index in [2.05, 4.69) is 42.3 Å². The van der Waals surface area contributed by atoms with Gasteiger partial charge in [-0.2, -0.15) is 0 Å². The Balaban J connectivity index is 1.63. The normalized spacial score (nSPS) is 24.9. The van der Waals surface area contributed by atoms with Crippen molar-refractivity contribution in [2.45, 2.75) is 45.4 Å². The third kappa shape index (κ3) is 3.71. The zero-order valence-corrected chi connectivity index (χ0v) is 13.7. The highest BCUT2D eigenvalue weighted by Gasteiger charge is 2.33. The van der Waals surface area contributed by atoms with E-state index in [-0.39, 0.29) is 0 Å². The quantitative estimate of drug-likeness (QED) is 0.901. The molecule has 2 aliphatic heterocycles. The first-order valence-corrected chi connectivity index (χ1v) is 8.39. The number of ether oxygens (including phenoxy) is 1. The van der Waals surface area contributed by atoms with Gasteiger partial charge in [-0.15, -0.1) is 0 Å². The van der Waals surface area contributed by atoms with Crippen molar-refractivity contribution in [3.8, 4) is 0 Å². The molecule has 1 N–H and O–H groups in total. The highest BCUT2D eigenvalue weighted by atomic mass is 35.5. The minimum absolute atomic E-state index is 0.412. The molecule has 1 aromatic rings. The SMILES string of the molecule is CC(C)CNCc1ccc(N2CC3CCC(C2)O3)cc1Cl. The third-order valence-electron chi connectivity index (χ3n) is 4.31. The smallest absolute Gasteiger partial charge is 0.0755 e. The lowest BCUT2D eigenvalue weighted by molar-refractivity contribution is 0.0305. The van der Waals surface area contributed by atoms with Gasteiger partial charge in [-0.3, -0.25) is 0 Å². The van der Waals surface area contributed by atoms with Gasteiger partial charge in [0.25, 0.3) is 0 Å². The van der Waals surface area contributed by atoms with Crippen LogP contribution in [0.2, 0.25) is 5.02 Å². The Labute approximate surface area is 132 Å². The van der Waals surface area contributed by atoms with Crippen LogP contribution in [0, 0.1) is 5.92 Å². The van der Waals surface area contributed by atoms with E-state index in [9.17, 15) is 0 Å². The summed E-state index contributed by atoms with van der Waals surface area (Å²) >= 11 is 6.45. The Hall–Kier alpha value is -0.770. The lowest BCUT2D eigenvalue weighted by Gasteiger charge is -2.34. The fourth-order valence-electron chi connectivity index (χ4n) is 3.20. The Morgan fingerprint density at radius 2 is 2.00 bits per heavy atom. The van der Waals surface area contributed by atoms with Gasteiger partial charge < -0.3 is 15.0 Å². The molecule has 4 heteroatoms. The van der Waals surface area contributed by atoms with Gasteiger partial charge in [0.05, 0.1) is 12.2 Å². The molecule has 0 aliphatic carbocycles. The second kappa shape index (κ2) is 6.55. The first-order valence-electron chi connectivity index (χ1n) is 8.01. The zero-order valence-electron chi connectivity index (χ0n) is 12.9. The molecule has 0 radical (unpaired) electrons. The van der Waals surface area contributed by atoms with Crippen molar-refractivity contribution in [1.29, 1.82) is 0 Å². The number of halogens is 1. The summed E-state index contributed by atoms with van der Waals surface area (Å²) in [7, 11) is 0. The maximum atomic E-state index is 6.45. The van der Waals surface area contributed by atoms with Crippen LogP contribution in [0.5, 0.6) is 0 Å². The maximum absolute atomic E-state index is 6.45. The first-order chi connectivity index (χ1) is 10.1. The number of morpholine rings is 1. The zero-order chi connectivity index (χ0) is 14.8. The second-order valence-corrected chi connectivity index (χ2v) is 7.07. The lowest BCUT2D eigenvalue weighted by Crippen LogP contribution is -2.42. The van der Waals surface area contributed by atoms with Crippen LogP contribution in [-0.4, -0.2) is 31.8 Å². The Kier molecular flexibility index (Phi) is 4.72. The number of nitrogens with zero attached hydrogens (tertiary/aromatic N) is 1. The van der Waals surface area contributed by atoms with Crippen LogP contribution in [0.4, 0.5) is 5.69 Å². The Morgan fingerprint density at radius 1 is 1.29 bits per heavy atom. The van der Waals surface area contributed by atoms with Crippen LogP contribution in [-0.2, 0) is 11.3 Å². The molecule has 0 saturated carbocycles. The second-order valence-electron chi connectivity index (χ2n) is 6.66. The van der Waals surface area contributed by atoms with Crippen molar-refractivity contribution < 1.29 is 4.74 Å². The van der Waals surface area contributed by atoms with Crippen molar-refractivity contribution in [2.24, 2.45) is 5.92 Å². The predicted octanol–water partition coefficient (Wildman–Crippen LogP) is 3.45. The lowest BCUT2D eigenvalue weighted by atomic mass is 10.1. The molecule has 2 saturated heterocycles. The molecule has 3 rings (SSSR count). The molecule has 0 aromatic heterocycles. The highest BCUT2D eigenvalue weighted by Crippen LogP contribution is 2.31. The van der Waals surface area contributed by atoms with Crippen LogP contribution in [0.1, 0.15) is 32.3 Å². The summed E-state index contributed by atoms with van der Waals surface area (Å²) in [5.74, 6) is 0.659. The van der Waals surface area contributed by atoms with E-state index in [0.29, 0.717) is 18.1 Å². The van der Waals surface area contributed by atoms with E-state index >= 15 is 0 Å². The largest absolute Gasteiger partial charge is 0.371 e. The van der Waals surface area contributed by atoms with Crippen molar-refractivity contribution in [1.82, 2.24) is 5.32 Å². The first kappa shape index (κ1) is 15.1. The van der Waals surface area contributed by atoms with E-state index in [0.717, 1.165) is 31.2 Å². The molecule has 2 fully saturated rings. The number of hydrogen-bond donors (Lipinski definition) is 1. The van der Waals surface area contributed by atoms with Crippen molar-refractivity contribution in [3.05, 3.63) is 28.8 Å². The summed E-state index contributed by atoms with van der Waals surface area (Å²) in [6.07, 6.45) is 3.22. The molecule has 2 atom stereocenters. The van der Waals surface area contributed by atoms with Crippen molar-refractivity contribution >= 4 is 17.3 Å². The predicted molar refractivity (Wildman–Crippen MR) is 88.1 cm³/mol. The van der Waals surface area contributed by atoms with Crippen molar-refractivity contribution in [2.75, 3.05) is 24.5 Å². The summed E-state index contributed by atoms with van der Waals surface area (Å²) in [6.45, 7) is 8.28. The van der Waals surface area contributed by atoms with Gasteiger partial charge >= 0.3 is 0 Å². The van der Waals surface area contributed by atoms with Crippen LogP contribution in [0.3, 0.4) is 0 Å². The Bertz CT molecular complexity index is 480. The van der Waals surface area contributed by atoms with E-state index in [1.54, 1.807) is 0 Å². The summed E-state index contributed by atoms with van der Waals surface area (Å²) < 4.78 is 5.89. The molecule has 2 heterocycles. The Morgan fingerprint density at radius 3 is 2.62 bits per heavy atom. The van der Waals surface area contributed by atoms with Gasteiger partial charge in [0.2, 0.25) is 0 Å². The fourth-order valence-corrected chi connectivity index (χ4v) is 3.44. The summed E-state index contributed by atoms with van der Waals surface area (Å²) in [4.78, 5) is 2.42. The molecule has 0 amide bonds. The highest BCUT2D eigenvalue weighted by molar-refractivity contribution is 6.31. The molecule has 1 aromatic carbocycles. The van der Waals surface area contributed by atoms with Gasteiger partial charge in [0, 0.05) is 30.3 Å². The molecular weight excluding hydrogens is 284 g/mol. The fraction of sp³-hybridized carbons (Fsp3) is 0.647. The standard InChI is InChI=1S/C17H25ClN2O/c1-12(2)8-19-9-13-3-4-14(7-17(13)18)20-10-15-5-6-16(11-20)21-15/h3-4,7,12,15-16,19H,5-6,8-11H2,1-2H3. The van der Waals surface area contributed by atoms with Gasteiger partial charge in [-0.25, -0.2) is 0 Å². The molecule has 3 nitrogen and oxygen atoms in total. The summed E-state index contributed by atoms with van der Waals surface area (Å²) in [5.41, 5.74) is 2.41.